The zero-order chi connectivity index (χ0) is 44.2. The number of aryl methyl sites for hydroxylation is 1. The fourth-order valence-corrected chi connectivity index (χ4v) is 8.48. The molecule has 0 saturated carbocycles. The van der Waals surface area contributed by atoms with Gasteiger partial charge in [0, 0.05) is 59.8 Å². The summed E-state index contributed by atoms with van der Waals surface area (Å²) >= 11 is 6.49. The Morgan fingerprint density at radius 1 is 0.968 bits per heavy atom. The molecular weight excluding hydrogens is 824 g/mol. The predicted molar refractivity (Wildman–Crippen MR) is 242 cm³/mol. The molecule has 0 bridgehead atoms. The third-order valence-electron chi connectivity index (χ3n) is 11.4. The Morgan fingerprint density at radius 3 is 2.52 bits per heavy atom. The van der Waals surface area contributed by atoms with E-state index in [1.54, 1.807) is 53.4 Å². The molecule has 0 aromatic heterocycles. The number of hydroxylamine groups is 1. The average molecular weight is 871 g/mol. The Morgan fingerprint density at radius 2 is 1.76 bits per heavy atom. The number of phenolic OH excluding ortho intramolecular Hbond substituents is 1. The van der Waals surface area contributed by atoms with Gasteiger partial charge in [0.2, 0.25) is 17.7 Å². The molecule has 3 heterocycles. The number of carbonyl (C=O) groups is 4. The summed E-state index contributed by atoms with van der Waals surface area (Å²) in [7, 11) is 1.51. The molecule has 63 heavy (non-hydrogen) atoms. The molecule has 0 unspecified atom stereocenters. The van der Waals surface area contributed by atoms with Crippen LogP contribution in [-0.2, 0) is 25.5 Å². The topological polar surface area (TPSA) is 171 Å². The molecule has 0 spiro atoms. The number of alkyl halides is 1. The Balaban J connectivity index is 0.847. The second-order valence-electron chi connectivity index (χ2n) is 15.8. The highest BCUT2D eigenvalue weighted by Crippen LogP contribution is 2.48. The number of ether oxygens (including phenoxy) is 2. The molecule has 0 aliphatic carbocycles. The van der Waals surface area contributed by atoms with Gasteiger partial charge in [0.1, 0.15) is 19.1 Å². The molecule has 14 nitrogen and oxygen atoms in total. The van der Waals surface area contributed by atoms with Crippen molar-refractivity contribution < 1.29 is 38.6 Å². The monoisotopic (exact) mass is 870 g/mol. The summed E-state index contributed by atoms with van der Waals surface area (Å²) in [6, 6.07) is 27.4. The first-order valence-electron chi connectivity index (χ1n) is 20.6. The van der Waals surface area contributed by atoms with E-state index in [1.165, 1.54) is 7.11 Å². The number of methoxy groups -OCH3 is 1. The molecule has 3 atom stereocenters. The lowest BCUT2D eigenvalue weighted by Crippen LogP contribution is -2.40. The minimum Gasteiger partial charge on any atom is -0.507 e. The van der Waals surface area contributed by atoms with Crippen LogP contribution in [0.15, 0.2) is 102 Å². The van der Waals surface area contributed by atoms with Gasteiger partial charge < -0.3 is 40.3 Å². The van der Waals surface area contributed by atoms with Gasteiger partial charge in [-0.1, -0.05) is 67.6 Å². The first-order valence-corrected chi connectivity index (χ1v) is 21.2. The van der Waals surface area contributed by atoms with Crippen LogP contribution in [0.4, 0.5) is 17.1 Å². The van der Waals surface area contributed by atoms with Gasteiger partial charge in [-0.15, -0.1) is 11.6 Å². The van der Waals surface area contributed by atoms with Crippen molar-refractivity contribution >= 4 is 74.9 Å². The number of fused-ring (bicyclic) bond motifs is 5. The van der Waals surface area contributed by atoms with Crippen LogP contribution in [0.2, 0.25) is 0 Å². The molecule has 15 heteroatoms. The highest BCUT2D eigenvalue weighted by atomic mass is 35.5. The number of anilines is 2. The number of hydrogen-bond acceptors (Lipinski definition) is 10. The molecule has 3 aliphatic heterocycles. The molecule has 5 aromatic carbocycles. The van der Waals surface area contributed by atoms with Crippen molar-refractivity contribution in [3.8, 4) is 17.2 Å². The van der Waals surface area contributed by atoms with E-state index in [0.717, 1.165) is 38.6 Å². The van der Waals surface area contributed by atoms with Gasteiger partial charge in [-0.05, 0) is 64.8 Å². The van der Waals surface area contributed by atoms with Gasteiger partial charge in [0.15, 0.2) is 11.5 Å². The quantitative estimate of drug-likeness (QED) is 0.0492. The maximum atomic E-state index is 14.1. The molecule has 324 valence electrons. The minimum absolute atomic E-state index is 0.0539. The summed E-state index contributed by atoms with van der Waals surface area (Å²) in [5.41, 5.74) is 6.91. The molecule has 5 aromatic rings. The third-order valence-corrected chi connectivity index (χ3v) is 11.8. The maximum Gasteiger partial charge on any atom is 0.260 e. The zero-order valence-corrected chi connectivity index (χ0v) is 35.8. The fraction of sp³-hybridized carbons (Fsp3) is 0.271. The van der Waals surface area contributed by atoms with Crippen LogP contribution in [-0.4, -0.2) is 85.3 Å². The van der Waals surface area contributed by atoms with Crippen LogP contribution >= 0.6 is 11.6 Å². The van der Waals surface area contributed by atoms with Crippen LogP contribution in [0.1, 0.15) is 51.9 Å². The molecule has 0 radical (unpaired) electrons. The Labute approximate surface area is 369 Å². The van der Waals surface area contributed by atoms with E-state index in [9.17, 15) is 24.3 Å². The number of aliphatic imine (C=N–C) groups is 1. The molecule has 0 fully saturated rings. The predicted octanol–water partition coefficient (Wildman–Crippen LogP) is 6.99. The van der Waals surface area contributed by atoms with E-state index in [0.29, 0.717) is 59.4 Å². The van der Waals surface area contributed by atoms with Crippen molar-refractivity contribution in [2.75, 3.05) is 49.8 Å². The summed E-state index contributed by atoms with van der Waals surface area (Å²) in [5, 5.41) is 22.3. The highest BCUT2D eigenvalue weighted by molar-refractivity contribution is 6.19. The number of hydrogen-bond donors (Lipinski definition) is 4. The second kappa shape index (κ2) is 18.6. The number of benzene rings is 5. The Bertz CT molecular complexity index is 2640. The van der Waals surface area contributed by atoms with Crippen LogP contribution in [0.5, 0.6) is 17.2 Å². The SMILES string of the molecule is COc1cc2c(cc1ON1C[C@@H](CCl)c3c1cc(O)c1cccc(C)c31)N=C[C@@H]1CC(c3ccc(NC(=O)COCNC(=O)CNC(=O)[C@@H](C)Cc4ccccc4)cc3)=CN1C2=O. The van der Waals surface area contributed by atoms with Gasteiger partial charge in [-0.3, -0.25) is 24.2 Å². The highest BCUT2D eigenvalue weighted by Gasteiger charge is 2.36. The second-order valence-corrected chi connectivity index (χ2v) is 16.1. The molecule has 0 saturated heterocycles. The summed E-state index contributed by atoms with van der Waals surface area (Å²) in [6.07, 6.45) is 4.66. The number of phenols is 1. The van der Waals surface area contributed by atoms with Crippen molar-refractivity contribution in [1.82, 2.24) is 15.5 Å². The lowest BCUT2D eigenvalue weighted by molar-refractivity contribution is -0.129. The van der Waals surface area contributed by atoms with Crippen LogP contribution in [0.25, 0.3) is 16.3 Å². The molecule has 4 N–H and O–H groups in total. The first kappa shape index (κ1) is 42.8. The maximum absolute atomic E-state index is 14.1. The molecule has 4 amide bonds. The number of nitrogens with one attached hydrogen (secondary N) is 3. The average Bonchev–Trinajstić information content (AvgIpc) is 3.84. The molecule has 3 aliphatic rings. The zero-order valence-electron chi connectivity index (χ0n) is 35.0. The summed E-state index contributed by atoms with van der Waals surface area (Å²) in [4.78, 5) is 64.1. The van der Waals surface area contributed by atoms with E-state index in [-0.39, 0.29) is 55.3 Å². The minimum atomic E-state index is -0.437. The largest absolute Gasteiger partial charge is 0.507 e. The van der Waals surface area contributed by atoms with E-state index in [1.807, 2.05) is 73.8 Å². The summed E-state index contributed by atoms with van der Waals surface area (Å²) < 4.78 is 11.1. The Hall–Kier alpha value is -6.90. The van der Waals surface area contributed by atoms with Gasteiger partial charge in [0.25, 0.3) is 5.91 Å². The smallest absolute Gasteiger partial charge is 0.260 e. The van der Waals surface area contributed by atoms with Gasteiger partial charge in [0.05, 0.1) is 43.2 Å². The van der Waals surface area contributed by atoms with Gasteiger partial charge >= 0.3 is 0 Å². The first-order chi connectivity index (χ1) is 30.5. The standard InChI is InChI=1S/C48H47ClN6O8/c1-28-8-7-11-36-40(56)20-39-46(45(28)36)33(21-49)25-55(39)63-42-19-38-37(18-41(42)61-3)48(60)54-24-32(17-35(54)22-50-38)31-12-14-34(15-13-31)53-44(58)26-62-27-52-43(57)23-51-47(59)29(2)16-30-9-5-4-6-10-30/h4-15,18-20,22,24,29,33,35,56H,16-17,21,23,25-27H2,1-3H3,(H,51,59)(H,52,57)(H,53,58)/t29-,33+,35-/m0/s1. The van der Waals surface area contributed by atoms with E-state index >= 15 is 0 Å². The molecule has 8 rings (SSSR count). The Kier molecular flexibility index (Phi) is 12.6. The fourth-order valence-electron chi connectivity index (χ4n) is 8.23. The lowest BCUT2D eigenvalue weighted by Gasteiger charge is -2.23. The van der Waals surface area contributed by atoms with Crippen LogP contribution in [0.3, 0.4) is 0 Å². The lowest BCUT2D eigenvalue weighted by atomic mass is 9.92. The van der Waals surface area contributed by atoms with Gasteiger partial charge in [-0.2, -0.15) is 0 Å². The number of aromatic hydroxyl groups is 1. The van der Waals surface area contributed by atoms with Crippen molar-refractivity contribution in [3.63, 3.8) is 0 Å². The van der Waals surface area contributed by atoms with E-state index in [2.05, 4.69) is 16.0 Å². The number of rotatable bonds is 15. The van der Waals surface area contributed by atoms with E-state index < -0.39 is 11.8 Å². The third kappa shape index (κ3) is 9.18. The normalized spacial score (nSPS) is 16.7. The molecular formula is C48H47ClN6O8. The number of halogens is 1. The van der Waals surface area contributed by atoms with E-state index in [4.69, 9.17) is 30.9 Å². The number of amides is 4. The number of nitrogens with zero attached hydrogens (tertiary/aromatic N) is 3. The van der Waals surface area contributed by atoms with Crippen molar-refractivity contribution in [2.45, 2.75) is 38.6 Å². The van der Waals surface area contributed by atoms with Crippen molar-refractivity contribution in [1.29, 1.82) is 0 Å². The number of carbonyl (C=O) groups excluding carboxylic acids is 4. The van der Waals surface area contributed by atoms with Crippen molar-refractivity contribution in [3.05, 3.63) is 125 Å². The summed E-state index contributed by atoms with van der Waals surface area (Å²) in [6.45, 7) is 3.56. The van der Waals surface area contributed by atoms with Crippen LogP contribution in [0, 0.1) is 12.8 Å². The summed E-state index contributed by atoms with van der Waals surface area (Å²) in [5.74, 6) is -0.478. The van der Waals surface area contributed by atoms with Gasteiger partial charge in [-0.25, -0.2) is 5.06 Å². The van der Waals surface area contributed by atoms with Crippen LogP contribution < -0.4 is 30.6 Å². The van der Waals surface area contributed by atoms with Crippen molar-refractivity contribution in [2.24, 2.45) is 10.9 Å².